The summed E-state index contributed by atoms with van der Waals surface area (Å²) < 4.78 is 48.0. The Kier molecular flexibility index (Phi) is 7.69. The molecule has 1 N–H and O–H groups in total. The summed E-state index contributed by atoms with van der Waals surface area (Å²) in [4.78, 5) is 14.4. The fraction of sp³-hybridized carbons (Fsp3) is 0.632. The van der Waals surface area contributed by atoms with Gasteiger partial charge in [0, 0.05) is 13.1 Å². The summed E-state index contributed by atoms with van der Waals surface area (Å²) in [5.41, 5.74) is 0. The predicted molar refractivity (Wildman–Crippen MR) is 104 cm³/mol. The highest BCUT2D eigenvalue weighted by Gasteiger charge is 2.29. The summed E-state index contributed by atoms with van der Waals surface area (Å²) in [7, 11) is 0. The second-order valence-corrected chi connectivity index (χ2v) is 7.70. The van der Waals surface area contributed by atoms with Crippen molar-refractivity contribution < 1.29 is 22.3 Å². The lowest BCUT2D eigenvalue weighted by atomic mass is 10.1. The molecule has 0 unspecified atom stereocenters. The molecule has 0 saturated heterocycles. The number of anilines is 2. The van der Waals surface area contributed by atoms with Crippen molar-refractivity contribution >= 4 is 11.9 Å². The Morgan fingerprint density at radius 2 is 1.72 bits per heavy atom. The number of alkyl halides is 3. The van der Waals surface area contributed by atoms with E-state index in [1.54, 1.807) is 6.07 Å². The van der Waals surface area contributed by atoms with Gasteiger partial charge in [-0.05, 0) is 30.9 Å². The van der Waals surface area contributed by atoms with Gasteiger partial charge in [-0.1, -0.05) is 27.7 Å². The maximum atomic E-state index is 12.6. The molecule has 0 aliphatic heterocycles. The van der Waals surface area contributed by atoms with Gasteiger partial charge in [0.25, 0.3) is 0 Å². The van der Waals surface area contributed by atoms with Crippen LogP contribution in [0.15, 0.2) is 16.5 Å². The van der Waals surface area contributed by atoms with Crippen molar-refractivity contribution in [3.8, 4) is 6.01 Å². The number of furan rings is 1. The molecular formula is C19H28F3N5O2. The van der Waals surface area contributed by atoms with Gasteiger partial charge in [-0.25, -0.2) is 0 Å². The van der Waals surface area contributed by atoms with Gasteiger partial charge in [0.05, 0.1) is 6.54 Å². The minimum atomic E-state index is -4.48. The fourth-order valence-corrected chi connectivity index (χ4v) is 2.64. The molecular weight excluding hydrogens is 387 g/mol. The van der Waals surface area contributed by atoms with Gasteiger partial charge in [0.1, 0.15) is 11.5 Å². The molecule has 0 spiro atoms. The molecule has 0 aliphatic carbocycles. The zero-order chi connectivity index (χ0) is 21.6. The standard InChI is InChI=1S/C19H28F3N5O2/c1-12(2)9-27(10-13(3)4)17-24-16(23-8-15-7-6-14(5)29-15)25-18(26-17)28-11-19(20,21)22/h6-7,12-13H,8-11H2,1-5H3,(H,23,24,25,26). The van der Waals surface area contributed by atoms with Crippen molar-refractivity contribution in [2.45, 2.75) is 47.3 Å². The molecule has 0 amide bonds. The van der Waals surface area contributed by atoms with Crippen molar-refractivity contribution in [1.29, 1.82) is 0 Å². The van der Waals surface area contributed by atoms with Crippen LogP contribution < -0.4 is 15.0 Å². The van der Waals surface area contributed by atoms with E-state index in [1.807, 2.05) is 45.6 Å². The lowest BCUT2D eigenvalue weighted by molar-refractivity contribution is -0.154. The Hall–Kier alpha value is -2.52. The number of aromatic nitrogens is 3. The summed E-state index contributed by atoms with van der Waals surface area (Å²) in [6, 6.07) is 3.25. The zero-order valence-electron chi connectivity index (χ0n) is 17.4. The average molecular weight is 415 g/mol. The lowest BCUT2D eigenvalue weighted by Crippen LogP contribution is -2.33. The molecule has 0 radical (unpaired) electrons. The summed E-state index contributed by atoms with van der Waals surface area (Å²) >= 11 is 0. The monoisotopic (exact) mass is 415 g/mol. The molecule has 2 rings (SSSR count). The maximum absolute atomic E-state index is 12.6. The van der Waals surface area contributed by atoms with Crippen LogP contribution in [0.1, 0.15) is 39.2 Å². The molecule has 10 heteroatoms. The average Bonchev–Trinajstić information content (AvgIpc) is 3.01. The van der Waals surface area contributed by atoms with E-state index in [9.17, 15) is 13.2 Å². The molecule has 0 fully saturated rings. The molecule has 7 nitrogen and oxygen atoms in total. The predicted octanol–water partition coefficient (Wildman–Crippen LogP) is 4.44. The van der Waals surface area contributed by atoms with E-state index < -0.39 is 12.8 Å². The second-order valence-electron chi connectivity index (χ2n) is 7.70. The van der Waals surface area contributed by atoms with Gasteiger partial charge in [-0.15, -0.1) is 0 Å². The van der Waals surface area contributed by atoms with Crippen molar-refractivity contribution in [3.05, 3.63) is 23.7 Å². The second kappa shape index (κ2) is 9.80. The first-order valence-electron chi connectivity index (χ1n) is 9.51. The Morgan fingerprint density at radius 3 is 2.24 bits per heavy atom. The zero-order valence-corrected chi connectivity index (χ0v) is 17.4. The Bertz CT molecular complexity index is 767. The summed E-state index contributed by atoms with van der Waals surface area (Å²) in [6.07, 6.45) is -4.48. The van der Waals surface area contributed by atoms with Crippen LogP contribution in [0.2, 0.25) is 0 Å². The highest BCUT2D eigenvalue weighted by Crippen LogP contribution is 2.21. The third-order valence-corrected chi connectivity index (χ3v) is 3.64. The van der Waals surface area contributed by atoms with Crippen LogP contribution in [-0.4, -0.2) is 40.8 Å². The number of nitrogens with one attached hydrogen (secondary N) is 1. The van der Waals surface area contributed by atoms with Crippen LogP contribution in [-0.2, 0) is 6.54 Å². The molecule has 2 aromatic heterocycles. The first-order chi connectivity index (χ1) is 13.5. The minimum absolute atomic E-state index is 0.124. The van der Waals surface area contributed by atoms with Gasteiger partial charge < -0.3 is 19.4 Å². The smallest absolute Gasteiger partial charge is 0.422 e. The normalized spacial score (nSPS) is 11.9. The lowest BCUT2D eigenvalue weighted by Gasteiger charge is -2.26. The van der Waals surface area contributed by atoms with Gasteiger partial charge in [0.15, 0.2) is 6.61 Å². The molecule has 0 bridgehead atoms. The molecule has 0 atom stereocenters. The topological polar surface area (TPSA) is 76.3 Å². The van der Waals surface area contributed by atoms with Crippen LogP contribution in [0.25, 0.3) is 0 Å². The van der Waals surface area contributed by atoms with Crippen LogP contribution in [0.5, 0.6) is 6.01 Å². The third kappa shape index (κ3) is 8.16. The molecule has 0 saturated carbocycles. The van der Waals surface area contributed by atoms with Crippen LogP contribution in [0.4, 0.5) is 25.1 Å². The van der Waals surface area contributed by atoms with Crippen molar-refractivity contribution in [2.24, 2.45) is 11.8 Å². The van der Waals surface area contributed by atoms with Crippen LogP contribution in [0, 0.1) is 18.8 Å². The van der Waals surface area contributed by atoms with E-state index in [4.69, 9.17) is 9.15 Å². The summed E-state index contributed by atoms with van der Waals surface area (Å²) in [5.74, 6) is 2.44. The summed E-state index contributed by atoms with van der Waals surface area (Å²) in [5, 5.41) is 2.97. The largest absolute Gasteiger partial charge is 0.465 e. The van der Waals surface area contributed by atoms with E-state index >= 15 is 0 Å². The fourth-order valence-electron chi connectivity index (χ4n) is 2.64. The number of halogens is 3. The molecule has 0 aromatic carbocycles. The quantitative estimate of drug-likeness (QED) is 0.615. The van der Waals surface area contributed by atoms with Crippen molar-refractivity contribution in [2.75, 3.05) is 29.9 Å². The number of rotatable bonds is 10. The van der Waals surface area contributed by atoms with E-state index in [-0.39, 0.29) is 24.5 Å². The number of hydrogen-bond acceptors (Lipinski definition) is 7. The number of nitrogens with zero attached hydrogens (tertiary/aromatic N) is 4. The number of aryl methyl sites for hydroxylation is 1. The van der Waals surface area contributed by atoms with Crippen molar-refractivity contribution in [1.82, 2.24) is 15.0 Å². The molecule has 0 aliphatic rings. The number of hydrogen-bond donors (Lipinski definition) is 1. The van der Waals surface area contributed by atoms with E-state index in [0.29, 0.717) is 30.7 Å². The highest BCUT2D eigenvalue weighted by molar-refractivity contribution is 5.39. The SMILES string of the molecule is Cc1ccc(CNc2nc(OCC(F)(F)F)nc(N(CC(C)C)CC(C)C)n2)o1. The van der Waals surface area contributed by atoms with Crippen molar-refractivity contribution in [3.63, 3.8) is 0 Å². The van der Waals surface area contributed by atoms with Gasteiger partial charge >= 0.3 is 12.2 Å². The van der Waals surface area contributed by atoms with Crippen LogP contribution >= 0.6 is 0 Å². The maximum Gasteiger partial charge on any atom is 0.422 e. The third-order valence-electron chi connectivity index (χ3n) is 3.64. The first kappa shape index (κ1) is 22.8. The molecule has 2 heterocycles. The Morgan fingerprint density at radius 1 is 1.07 bits per heavy atom. The summed E-state index contributed by atoms with van der Waals surface area (Å²) in [6.45, 7) is 10.1. The van der Waals surface area contributed by atoms with Gasteiger partial charge in [-0.2, -0.15) is 28.1 Å². The minimum Gasteiger partial charge on any atom is -0.465 e. The van der Waals surface area contributed by atoms with E-state index in [1.165, 1.54) is 0 Å². The first-order valence-corrected chi connectivity index (χ1v) is 9.51. The Labute approximate surface area is 168 Å². The molecule has 2 aromatic rings. The van der Waals surface area contributed by atoms with E-state index in [0.717, 1.165) is 5.76 Å². The van der Waals surface area contributed by atoms with Crippen LogP contribution in [0.3, 0.4) is 0 Å². The van der Waals surface area contributed by atoms with Gasteiger partial charge in [-0.3, -0.25) is 0 Å². The number of ether oxygens (including phenoxy) is 1. The Balaban J connectivity index is 2.28. The van der Waals surface area contributed by atoms with Gasteiger partial charge in [0.2, 0.25) is 11.9 Å². The highest BCUT2D eigenvalue weighted by atomic mass is 19.4. The van der Waals surface area contributed by atoms with E-state index in [2.05, 4.69) is 20.3 Å². The molecule has 162 valence electrons. The molecule has 29 heavy (non-hydrogen) atoms.